The lowest BCUT2D eigenvalue weighted by atomic mass is 10.0. The molecule has 3 heteroatoms. The summed E-state index contributed by atoms with van der Waals surface area (Å²) in [5, 5.41) is 8.43. The van der Waals surface area contributed by atoms with Crippen LogP contribution in [-0.2, 0) is 9.53 Å². The van der Waals surface area contributed by atoms with Crippen LogP contribution in [0.25, 0.3) is 0 Å². The maximum atomic E-state index is 10.2. The van der Waals surface area contributed by atoms with Gasteiger partial charge in [-0.15, -0.1) is 0 Å². The molecule has 0 fully saturated rings. The molecule has 0 aliphatic rings. The summed E-state index contributed by atoms with van der Waals surface area (Å²) in [4.78, 5) is 10.2. The van der Waals surface area contributed by atoms with Gasteiger partial charge in [-0.3, -0.25) is 4.79 Å². The van der Waals surface area contributed by atoms with Crippen molar-refractivity contribution in [3.05, 3.63) is 0 Å². The van der Waals surface area contributed by atoms with Crippen molar-refractivity contribution in [2.45, 2.75) is 52.4 Å². The molecule has 0 bridgehead atoms. The molecule has 1 atom stereocenters. The van der Waals surface area contributed by atoms with E-state index in [9.17, 15) is 4.79 Å². The van der Waals surface area contributed by atoms with Gasteiger partial charge in [0.15, 0.2) is 0 Å². The Bertz CT molecular complexity index is 157. The third-order valence-corrected chi connectivity index (χ3v) is 2.58. The number of unbranched alkanes of at least 4 members (excludes halogenated alkanes) is 1. The van der Waals surface area contributed by atoms with Crippen LogP contribution in [0, 0.1) is 5.92 Å². The number of ether oxygens (including phenoxy) is 1. The van der Waals surface area contributed by atoms with E-state index in [1.54, 1.807) is 0 Å². The summed E-state index contributed by atoms with van der Waals surface area (Å²) in [6, 6.07) is 0. The van der Waals surface area contributed by atoms with E-state index in [1.807, 2.05) is 0 Å². The van der Waals surface area contributed by atoms with Gasteiger partial charge in [0.1, 0.15) is 0 Å². The van der Waals surface area contributed by atoms with Gasteiger partial charge in [0.2, 0.25) is 0 Å². The summed E-state index contributed by atoms with van der Waals surface area (Å²) in [6.45, 7) is 5.74. The number of carboxylic acids is 1. The molecule has 0 amide bonds. The lowest BCUT2D eigenvalue weighted by Gasteiger charge is -2.14. The Morgan fingerprint density at radius 3 is 2.60 bits per heavy atom. The van der Waals surface area contributed by atoms with Crippen LogP contribution in [0.15, 0.2) is 0 Å². The molecule has 15 heavy (non-hydrogen) atoms. The minimum Gasteiger partial charge on any atom is -0.481 e. The Morgan fingerprint density at radius 2 is 2.07 bits per heavy atom. The first-order chi connectivity index (χ1) is 7.20. The second-order valence-corrected chi connectivity index (χ2v) is 3.99. The van der Waals surface area contributed by atoms with Gasteiger partial charge >= 0.3 is 5.97 Å². The van der Waals surface area contributed by atoms with E-state index in [2.05, 4.69) is 13.8 Å². The second kappa shape index (κ2) is 9.97. The van der Waals surface area contributed by atoms with Crippen molar-refractivity contribution >= 4 is 5.97 Å². The highest BCUT2D eigenvalue weighted by molar-refractivity contribution is 5.66. The van der Waals surface area contributed by atoms with Crippen molar-refractivity contribution in [1.29, 1.82) is 0 Å². The molecule has 1 N–H and O–H groups in total. The molecule has 0 saturated carbocycles. The molecule has 0 aromatic carbocycles. The van der Waals surface area contributed by atoms with Crippen molar-refractivity contribution in [3.63, 3.8) is 0 Å². The summed E-state index contributed by atoms with van der Waals surface area (Å²) in [5.41, 5.74) is 0. The summed E-state index contributed by atoms with van der Waals surface area (Å²) >= 11 is 0. The largest absolute Gasteiger partial charge is 0.481 e. The molecule has 1 unspecified atom stereocenters. The zero-order chi connectivity index (χ0) is 11.5. The van der Waals surface area contributed by atoms with Gasteiger partial charge in [-0.05, 0) is 18.8 Å². The fourth-order valence-electron chi connectivity index (χ4n) is 1.47. The molecule has 0 rings (SSSR count). The lowest BCUT2D eigenvalue weighted by Crippen LogP contribution is -2.10. The number of carbonyl (C=O) groups is 1. The third-order valence-electron chi connectivity index (χ3n) is 2.58. The number of rotatable bonds is 10. The van der Waals surface area contributed by atoms with Gasteiger partial charge in [0.25, 0.3) is 0 Å². The Labute approximate surface area is 92.8 Å². The van der Waals surface area contributed by atoms with Crippen LogP contribution >= 0.6 is 0 Å². The van der Waals surface area contributed by atoms with Crippen LogP contribution in [0.3, 0.4) is 0 Å². The van der Waals surface area contributed by atoms with E-state index < -0.39 is 5.97 Å². The molecule has 0 aromatic rings. The lowest BCUT2D eigenvalue weighted by molar-refractivity contribution is -0.137. The van der Waals surface area contributed by atoms with Crippen LogP contribution < -0.4 is 0 Å². The summed E-state index contributed by atoms with van der Waals surface area (Å²) in [6.07, 6.45) is 5.71. The van der Waals surface area contributed by atoms with Gasteiger partial charge in [0.05, 0.1) is 0 Å². The smallest absolute Gasteiger partial charge is 0.303 e. The molecule has 0 heterocycles. The maximum absolute atomic E-state index is 10.2. The van der Waals surface area contributed by atoms with Gasteiger partial charge in [0, 0.05) is 19.6 Å². The highest BCUT2D eigenvalue weighted by atomic mass is 16.5. The minimum absolute atomic E-state index is 0.214. The van der Waals surface area contributed by atoms with Gasteiger partial charge in [-0.1, -0.05) is 33.1 Å². The van der Waals surface area contributed by atoms with Crippen molar-refractivity contribution in [3.8, 4) is 0 Å². The van der Waals surface area contributed by atoms with Crippen molar-refractivity contribution in [1.82, 2.24) is 0 Å². The predicted molar refractivity (Wildman–Crippen MR) is 61.0 cm³/mol. The summed E-state index contributed by atoms with van der Waals surface area (Å²) < 4.78 is 5.47. The molecule has 0 aliphatic carbocycles. The first kappa shape index (κ1) is 14.4. The van der Waals surface area contributed by atoms with E-state index in [0.29, 0.717) is 18.9 Å². The highest BCUT2D eigenvalue weighted by Gasteiger charge is 2.05. The number of aliphatic carboxylic acids is 1. The van der Waals surface area contributed by atoms with Crippen LogP contribution in [0.5, 0.6) is 0 Å². The highest BCUT2D eigenvalue weighted by Crippen LogP contribution is 2.12. The van der Waals surface area contributed by atoms with Crippen LogP contribution in [-0.4, -0.2) is 24.3 Å². The number of carboxylic acid groups (broad SMARTS) is 1. The third kappa shape index (κ3) is 9.73. The van der Waals surface area contributed by atoms with Crippen LogP contribution in [0.2, 0.25) is 0 Å². The standard InChI is InChI=1S/C12H24O3/c1-3-5-7-11(4-2)10-15-9-6-8-12(13)14/h11H,3-10H2,1-2H3,(H,13,14). The fourth-order valence-corrected chi connectivity index (χ4v) is 1.47. The molecule has 90 valence electrons. The molecular weight excluding hydrogens is 192 g/mol. The zero-order valence-electron chi connectivity index (χ0n) is 10.00. The second-order valence-electron chi connectivity index (χ2n) is 3.99. The van der Waals surface area contributed by atoms with Crippen molar-refractivity contribution in [2.24, 2.45) is 5.92 Å². The Kier molecular flexibility index (Phi) is 9.59. The van der Waals surface area contributed by atoms with Crippen LogP contribution in [0.1, 0.15) is 52.4 Å². The van der Waals surface area contributed by atoms with E-state index in [1.165, 1.54) is 19.3 Å². The summed E-state index contributed by atoms with van der Waals surface area (Å²) in [5.74, 6) is -0.0913. The quantitative estimate of drug-likeness (QED) is 0.571. The first-order valence-electron chi connectivity index (χ1n) is 6.00. The SMILES string of the molecule is CCCCC(CC)COCCCC(=O)O. The first-order valence-corrected chi connectivity index (χ1v) is 6.00. The van der Waals surface area contributed by atoms with E-state index in [0.717, 1.165) is 13.0 Å². The average molecular weight is 216 g/mol. The Morgan fingerprint density at radius 1 is 1.33 bits per heavy atom. The predicted octanol–water partition coefficient (Wildman–Crippen LogP) is 3.08. The van der Waals surface area contributed by atoms with Crippen molar-refractivity contribution < 1.29 is 14.6 Å². The number of hydrogen-bond donors (Lipinski definition) is 1. The van der Waals surface area contributed by atoms with E-state index in [-0.39, 0.29) is 6.42 Å². The molecule has 3 nitrogen and oxygen atoms in total. The van der Waals surface area contributed by atoms with Crippen molar-refractivity contribution in [2.75, 3.05) is 13.2 Å². The molecule has 0 radical (unpaired) electrons. The molecule has 0 saturated heterocycles. The molecule has 0 aromatic heterocycles. The number of hydrogen-bond acceptors (Lipinski definition) is 2. The maximum Gasteiger partial charge on any atom is 0.303 e. The fraction of sp³-hybridized carbons (Fsp3) is 0.917. The Balaban J connectivity index is 3.33. The van der Waals surface area contributed by atoms with Gasteiger partial charge in [-0.2, -0.15) is 0 Å². The molecule has 0 aliphatic heterocycles. The topological polar surface area (TPSA) is 46.5 Å². The average Bonchev–Trinajstić information content (AvgIpc) is 2.21. The van der Waals surface area contributed by atoms with E-state index in [4.69, 9.17) is 9.84 Å². The summed E-state index contributed by atoms with van der Waals surface area (Å²) in [7, 11) is 0. The van der Waals surface area contributed by atoms with Gasteiger partial charge < -0.3 is 9.84 Å². The van der Waals surface area contributed by atoms with Gasteiger partial charge in [-0.25, -0.2) is 0 Å². The zero-order valence-corrected chi connectivity index (χ0v) is 10.00. The van der Waals surface area contributed by atoms with E-state index >= 15 is 0 Å². The normalized spacial score (nSPS) is 12.7. The Hall–Kier alpha value is -0.570. The molecular formula is C12H24O3. The van der Waals surface area contributed by atoms with Crippen LogP contribution in [0.4, 0.5) is 0 Å². The monoisotopic (exact) mass is 216 g/mol. The molecule has 0 spiro atoms. The minimum atomic E-state index is -0.739.